The lowest BCUT2D eigenvalue weighted by Crippen LogP contribution is -2.28. The van der Waals surface area contributed by atoms with E-state index in [0.717, 1.165) is 23.7 Å². The summed E-state index contributed by atoms with van der Waals surface area (Å²) in [6.45, 7) is 0. The Bertz CT molecular complexity index is 1130. The fraction of sp³-hybridized carbons (Fsp3) is 0.600. The van der Waals surface area contributed by atoms with Gasteiger partial charge in [-0.15, -0.1) is 11.3 Å². The highest BCUT2D eigenvalue weighted by Crippen LogP contribution is 2.48. The zero-order chi connectivity index (χ0) is 21.0. The van der Waals surface area contributed by atoms with Crippen molar-refractivity contribution in [2.24, 2.45) is 0 Å². The van der Waals surface area contributed by atoms with E-state index in [9.17, 15) is 13.6 Å². The summed E-state index contributed by atoms with van der Waals surface area (Å²) in [5, 5.41) is 7.79. The van der Waals surface area contributed by atoms with Gasteiger partial charge in [-0.2, -0.15) is 5.10 Å². The number of rotatable bonds is 4. The summed E-state index contributed by atoms with van der Waals surface area (Å²) in [7, 11) is 3.94. The summed E-state index contributed by atoms with van der Waals surface area (Å²) >= 11 is 1.61. The van der Waals surface area contributed by atoms with Crippen molar-refractivity contribution in [1.29, 1.82) is 0 Å². The molecule has 2 aliphatic rings. The lowest BCUT2D eigenvalue weighted by molar-refractivity contribution is -0.0446. The maximum Gasteiger partial charge on any atom is 0.262 e. The van der Waals surface area contributed by atoms with Crippen molar-refractivity contribution in [2.45, 2.75) is 62.3 Å². The number of thiazole rings is 1. The number of hydrogen-bond acceptors (Lipinski definition) is 6. The number of H-pyrrole nitrogens is 1. The average Bonchev–Trinajstić information content (AvgIpc) is 3.29. The Hall–Kier alpha value is -2.36. The minimum atomic E-state index is -2.60. The van der Waals surface area contributed by atoms with Crippen LogP contribution in [0, 0.1) is 0 Å². The first-order valence-electron chi connectivity index (χ1n) is 10.3. The van der Waals surface area contributed by atoms with Gasteiger partial charge in [0.25, 0.3) is 5.56 Å². The van der Waals surface area contributed by atoms with E-state index in [0.29, 0.717) is 29.7 Å². The summed E-state index contributed by atoms with van der Waals surface area (Å²) in [5.74, 6) is -1.64. The molecule has 0 spiro atoms. The fourth-order valence-corrected chi connectivity index (χ4v) is 5.32. The molecule has 2 atom stereocenters. The molecule has 160 valence electrons. The summed E-state index contributed by atoms with van der Waals surface area (Å²) in [6, 6.07) is -0.150. The minimum absolute atomic E-state index is 0.0956. The molecule has 0 bridgehead atoms. The maximum atomic E-state index is 13.6. The summed E-state index contributed by atoms with van der Waals surface area (Å²) in [4.78, 5) is 27.1. The van der Waals surface area contributed by atoms with Gasteiger partial charge in [0.15, 0.2) is 10.8 Å². The highest BCUT2D eigenvalue weighted by molar-refractivity contribution is 7.13. The van der Waals surface area contributed by atoms with Gasteiger partial charge in [-0.1, -0.05) is 0 Å². The van der Waals surface area contributed by atoms with Crippen molar-refractivity contribution in [1.82, 2.24) is 24.7 Å². The van der Waals surface area contributed by atoms with Crippen molar-refractivity contribution in [3.63, 3.8) is 0 Å². The molecule has 5 rings (SSSR count). The second-order valence-electron chi connectivity index (χ2n) is 8.60. The highest BCUT2D eigenvalue weighted by atomic mass is 32.1. The molecular formula is C20H24F2N6OS. The second kappa shape index (κ2) is 7.11. The maximum absolute atomic E-state index is 13.6. The molecule has 0 amide bonds. The van der Waals surface area contributed by atoms with Crippen LogP contribution in [0.5, 0.6) is 0 Å². The molecule has 0 aliphatic heterocycles. The number of nitrogens with one attached hydrogen (secondary N) is 1. The third-order valence-corrected chi connectivity index (χ3v) is 7.44. The molecule has 7 nitrogen and oxygen atoms in total. The monoisotopic (exact) mass is 434 g/mol. The number of hydrogen-bond donors (Lipinski definition) is 1. The molecular weight excluding hydrogens is 410 g/mol. The van der Waals surface area contributed by atoms with Crippen LogP contribution in [0.3, 0.4) is 0 Å². The van der Waals surface area contributed by atoms with Crippen LogP contribution in [0.2, 0.25) is 0 Å². The smallest absolute Gasteiger partial charge is 0.262 e. The summed E-state index contributed by atoms with van der Waals surface area (Å²) in [6.07, 6.45) is 3.80. The molecule has 2 aliphatic carbocycles. The Morgan fingerprint density at radius 3 is 2.53 bits per heavy atom. The molecule has 0 saturated heterocycles. The van der Waals surface area contributed by atoms with Gasteiger partial charge >= 0.3 is 0 Å². The van der Waals surface area contributed by atoms with E-state index in [1.54, 1.807) is 16.0 Å². The molecule has 0 aromatic carbocycles. The molecule has 3 heterocycles. The van der Waals surface area contributed by atoms with Gasteiger partial charge in [-0.05, 0) is 25.7 Å². The molecule has 2 saturated carbocycles. The zero-order valence-corrected chi connectivity index (χ0v) is 17.8. The van der Waals surface area contributed by atoms with Gasteiger partial charge in [0.05, 0.1) is 17.9 Å². The van der Waals surface area contributed by atoms with E-state index >= 15 is 0 Å². The normalized spacial score (nSPS) is 24.1. The number of halogens is 2. The topological polar surface area (TPSA) is 79.7 Å². The lowest BCUT2D eigenvalue weighted by Gasteiger charge is -2.34. The van der Waals surface area contributed by atoms with E-state index in [4.69, 9.17) is 9.97 Å². The largest absolute Gasteiger partial charge is 0.354 e. The number of alkyl halides is 2. The quantitative estimate of drug-likeness (QED) is 0.670. The van der Waals surface area contributed by atoms with Crippen molar-refractivity contribution in [2.75, 3.05) is 19.0 Å². The van der Waals surface area contributed by atoms with Crippen LogP contribution in [-0.4, -0.2) is 44.8 Å². The Morgan fingerprint density at radius 1 is 1.17 bits per heavy atom. The SMILES string of the molecule is CN(C)c1nc([C@@H]2CCC2c2nc3c(cnn3C3CCC(F)(F)CC3)c(=O)[nH]2)cs1. The summed E-state index contributed by atoms with van der Waals surface area (Å²) in [5.41, 5.74) is 1.31. The average molecular weight is 435 g/mol. The van der Waals surface area contributed by atoms with Crippen LogP contribution >= 0.6 is 11.3 Å². The predicted octanol–water partition coefficient (Wildman–Crippen LogP) is 4.05. The molecule has 30 heavy (non-hydrogen) atoms. The van der Waals surface area contributed by atoms with Crippen molar-refractivity contribution in [3.05, 3.63) is 33.4 Å². The van der Waals surface area contributed by atoms with E-state index in [2.05, 4.69) is 15.5 Å². The van der Waals surface area contributed by atoms with Crippen LogP contribution < -0.4 is 10.5 Å². The zero-order valence-electron chi connectivity index (χ0n) is 16.9. The highest BCUT2D eigenvalue weighted by Gasteiger charge is 2.39. The van der Waals surface area contributed by atoms with Crippen LogP contribution in [0.1, 0.15) is 67.9 Å². The molecule has 1 N–H and O–H groups in total. The van der Waals surface area contributed by atoms with Crippen LogP contribution in [0.15, 0.2) is 16.4 Å². The van der Waals surface area contributed by atoms with Gasteiger partial charge in [-0.25, -0.2) is 23.4 Å². The Labute approximate surface area is 176 Å². The summed E-state index contributed by atoms with van der Waals surface area (Å²) < 4.78 is 28.8. The molecule has 10 heteroatoms. The van der Waals surface area contributed by atoms with E-state index < -0.39 is 5.92 Å². The van der Waals surface area contributed by atoms with E-state index in [-0.39, 0.29) is 36.3 Å². The van der Waals surface area contributed by atoms with Gasteiger partial charge in [0.2, 0.25) is 5.92 Å². The first kappa shape index (κ1) is 19.6. The second-order valence-corrected chi connectivity index (χ2v) is 9.44. The van der Waals surface area contributed by atoms with Crippen molar-refractivity contribution < 1.29 is 8.78 Å². The van der Waals surface area contributed by atoms with Gasteiger partial charge < -0.3 is 9.88 Å². The Morgan fingerprint density at radius 2 is 1.90 bits per heavy atom. The number of nitrogens with zero attached hydrogens (tertiary/aromatic N) is 5. The first-order chi connectivity index (χ1) is 14.3. The fourth-order valence-electron chi connectivity index (χ4n) is 4.50. The standard InChI is InChI=1S/C20H24F2N6OS/c1-27(2)19-24-15(10-30-19)12-3-4-13(12)16-25-17-14(18(29)26-16)9-23-28(17)11-5-7-20(21,22)8-6-11/h9-13H,3-8H2,1-2H3,(H,25,26,29)/t12-,13?/m1/s1. The lowest BCUT2D eigenvalue weighted by atomic mass is 9.71. The predicted molar refractivity (Wildman–Crippen MR) is 112 cm³/mol. The Balaban J connectivity index is 1.46. The number of fused-ring (bicyclic) bond motifs is 1. The third-order valence-electron chi connectivity index (χ3n) is 6.41. The first-order valence-corrected chi connectivity index (χ1v) is 11.2. The van der Waals surface area contributed by atoms with Gasteiger partial charge in [0.1, 0.15) is 11.2 Å². The van der Waals surface area contributed by atoms with E-state index in [1.165, 1.54) is 6.20 Å². The molecule has 0 radical (unpaired) electrons. The Kier molecular flexibility index (Phi) is 4.64. The molecule has 3 aromatic heterocycles. The van der Waals surface area contributed by atoms with Crippen molar-refractivity contribution in [3.8, 4) is 0 Å². The van der Waals surface area contributed by atoms with E-state index in [1.807, 2.05) is 19.0 Å². The minimum Gasteiger partial charge on any atom is -0.354 e. The number of aromatic nitrogens is 5. The van der Waals surface area contributed by atoms with Crippen LogP contribution in [0.4, 0.5) is 13.9 Å². The molecule has 2 fully saturated rings. The number of aromatic amines is 1. The van der Waals surface area contributed by atoms with Gasteiger partial charge in [0, 0.05) is 44.2 Å². The number of anilines is 1. The molecule has 3 aromatic rings. The van der Waals surface area contributed by atoms with Crippen molar-refractivity contribution >= 4 is 27.5 Å². The molecule has 1 unspecified atom stereocenters. The van der Waals surface area contributed by atoms with Crippen LogP contribution in [0.25, 0.3) is 11.0 Å². The third kappa shape index (κ3) is 3.30. The van der Waals surface area contributed by atoms with Gasteiger partial charge in [-0.3, -0.25) is 4.79 Å². The van der Waals surface area contributed by atoms with Crippen LogP contribution in [-0.2, 0) is 0 Å².